The highest BCUT2D eigenvalue weighted by atomic mass is 32.2. The van der Waals surface area contributed by atoms with Gasteiger partial charge in [-0.2, -0.15) is 4.31 Å². The van der Waals surface area contributed by atoms with E-state index in [0.717, 1.165) is 10.4 Å². The molecule has 0 unspecified atom stereocenters. The number of aryl methyl sites for hydroxylation is 1. The third-order valence-corrected chi connectivity index (χ3v) is 7.32. The second-order valence-corrected chi connectivity index (χ2v) is 9.53. The van der Waals surface area contributed by atoms with Crippen LogP contribution in [-0.4, -0.2) is 46.4 Å². The first-order valence-electron chi connectivity index (χ1n) is 8.68. The van der Waals surface area contributed by atoms with Crippen molar-refractivity contribution in [3.63, 3.8) is 0 Å². The first kappa shape index (κ1) is 18.3. The summed E-state index contributed by atoms with van der Waals surface area (Å²) in [5, 5.41) is 3.63. The summed E-state index contributed by atoms with van der Waals surface area (Å²) in [6.07, 6.45) is 4.90. The van der Waals surface area contributed by atoms with Gasteiger partial charge in [0, 0.05) is 55.9 Å². The van der Waals surface area contributed by atoms with Crippen LogP contribution in [0.25, 0.3) is 0 Å². The molecule has 1 aliphatic rings. The van der Waals surface area contributed by atoms with E-state index in [1.54, 1.807) is 34.7 Å². The summed E-state index contributed by atoms with van der Waals surface area (Å²) >= 11 is 1.59. The Labute approximate surface area is 162 Å². The van der Waals surface area contributed by atoms with Crippen molar-refractivity contribution in [2.24, 2.45) is 7.05 Å². The fourth-order valence-corrected chi connectivity index (χ4v) is 5.43. The zero-order valence-electron chi connectivity index (χ0n) is 14.9. The molecule has 1 saturated heterocycles. The Morgan fingerprint density at radius 2 is 2.07 bits per heavy atom. The fraction of sp³-hybridized carbons (Fsp3) is 0.333. The quantitative estimate of drug-likeness (QED) is 0.679. The number of benzene rings is 1. The van der Waals surface area contributed by atoms with E-state index in [0.29, 0.717) is 19.6 Å². The van der Waals surface area contributed by atoms with E-state index in [9.17, 15) is 8.42 Å². The smallest absolute Gasteiger partial charge is 0.262 e. The summed E-state index contributed by atoms with van der Waals surface area (Å²) in [6, 6.07) is 10.1. The van der Waals surface area contributed by atoms with Gasteiger partial charge in [0.25, 0.3) is 10.0 Å². The highest BCUT2D eigenvalue weighted by Gasteiger charge is 2.40. The number of nitrogens with one attached hydrogen (secondary N) is 1. The number of hydrogen-bond acceptors (Lipinski definition) is 6. The summed E-state index contributed by atoms with van der Waals surface area (Å²) in [4.78, 5) is 9.28. The topological polar surface area (TPSA) is 80.1 Å². The molecule has 2 atom stereocenters. The Balaban J connectivity index is 1.58. The average Bonchev–Trinajstić information content (AvgIpc) is 3.41. The molecule has 0 saturated carbocycles. The van der Waals surface area contributed by atoms with Crippen molar-refractivity contribution in [2.45, 2.75) is 23.5 Å². The number of imidazole rings is 1. The Kier molecular flexibility index (Phi) is 5.09. The molecule has 142 valence electrons. The number of thiazole rings is 1. The Morgan fingerprint density at radius 3 is 2.74 bits per heavy atom. The fourth-order valence-electron chi connectivity index (χ4n) is 3.42. The standard InChI is InChI=1S/C18H21N5O2S2/c1-22-11-18(21-12-22)27(24,25)23-9-16(14-5-3-2-4-6-14)17(10-23)20-8-15-7-19-13-26-15/h2-7,11-13,16-17,20H,8-10H2,1H3/t16-,17+/m1/s1. The lowest BCUT2D eigenvalue weighted by atomic mass is 9.94. The molecule has 0 bridgehead atoms. The van der Waals surface area contributed by atoms with Crippen molar-refractivity contribution in [2.75, 3.05) is 13.1 Å². The lowest BCUT2D eigenvalue weighted by Gasteiger charge is -2.19. The number of sulfonamides is 1. The molecule has 2 aromatic heterocycles. The van der Waals surface area contributed by atoms with Gasteiger partial charge in [-0.05, 0) is 5.56 Å². The molecule has 0 aliphatic carbocycles. The first-order valence-corrected chi connectivity index (χ1v) is 11.0. The largest absolute Gasteiger partial charge is 0.339 e. The molecule has 0 radical (unpaired) electrons. The molecule has 3 heterocycles. The van der Waals surface area contributed by atoms with Crippen LogP contribution in [0.5, 0.6) is 0 Å². The van der Waals surface area contributed by atoms with Crippen molar-refractivity contribution in [3.05, 3.63) is 65.0 Å². The van der Waals surface area contributed by atoms with Gasteiger partial charge in [0.2, 0.25) is 0 Å². The lowest BCUT2D eigenvalue weighted by molar-refractivity contribution is 0.454. The number of hydrogen-bond donors (Lipinski definition) is 1. The van der Waals surface area contributed by atoms with Gasteiger partial charge in [0.15, 0.2) is 5.03 Å². The van der Waals surface area contributed by atoms with Crippen LogP contribution < -0.4 is 5.32 Å². The SMILES string of the molecule is Cn1cnc(S(=O)(=O)N2C[C@H](NCc3cncs3)[C@@H](c3ccccc3)C2)c1. The summed E-state index contributed by atoms with van der Waals surface area (Å²) in [5.74, 6) is 0.0811. The third kappa shape index (κ3) is 3.81. The number of nitrogens with zero attached hydrogens (tertiary/aromatic N) is 4. The van der Waals surface area contributed by atoms with Gasteiger partial charge in [0.1, 0.15) is 0 Å². The molecule has 3 aromatic rings. The molecular formula is C18H21N5O2S2. The second-order valence-electron chi connectivity index (χ2n) is 6.67. The van der Waals surface area contributed by atoms with Gasteiger partial charge >= 0.3 is 0 Å². The molecule has 1 aromatic carbocycles. The molecule has 27 heavy (non-hydrogen) atoms. The van der Waals surface area contributed by atoms with Crippen LogP contribution in [0.4, 0.5) is 0 Å². The van der Waals surface area contributed by atoms with Crippen molar-refractivity contribution in [3.8, 4) is 0 Å². The summed E-state index contributed by atoms with van der Waals surface area (Å²) in [5.41, 5.74) is 2.94. The molecule has 0 amide bonds. The van der Waals surface area contributed by atoms with Crippen molar-refractivity contribution in [1.82, 2.24) is 24.2 Å². The number of aromatic nitrogens is 3. The molecule has 1 aliphatic heterocycles. The van der Waals surface area contributed by atoms with E-state index in [1.165, 1.54) is 10.6 Å². The van der Waals surface area contributed by atoms with Crippen LogP contribution in [0.3, 0.4) is 0 Å². The van der Waals surface area contributed by atoms with Crippen LogP contribution in [0, 0.1) is 0 Å². The zero-order valence-corrected chi connectivity index (χ0v) is 16.5. The van der Waals surface area contributed by atoms with Crippen LogP contribution in [0.2, 0.25) is 0 Å². The third-order valence-electron chi connectivity index (χ3n) is 4.82. The van der Waals surface area contributed by atoms with Crippen molar-refractivity contribution < 1.29 is 8.42 Å². The minimum Gasteiger partial charge on any atom is -0.339 e. The minimum absolute atomic E-state index is 0.0213. The normalized spacial score (nSPS) is 20.9. The lowest BCUT2D eigenvalue weighted by Crippen LogP contribution is -2.36. The van der Waals surface area contributed by atoms with Crippen molar-refractivity contribution in [1.29, 1.82) is 0 Å². The highest BCUT2D eigenvalue weighted by Crippen LogP contribution is 2.31. The van der Waals surface area contributed by atoms with E-state index < -0.39 is 10.0 Å². The van der Waals surface area contributed by atoms with Gasteiger partial charge < -0.3 is 9.88 Å². The zero-order chi connectivity index (χ0) is 18.9. The van der Waals surface area contributed by atoms with E-state index in [-0.39, 0.29) is 17.0 Å². The molecule has 0 spiro atoms. The molecule has 1 N–H and O–H groups in total. The predicted octanol–water partition coefficient (Wildman–Crippen LogP) is 1.82. The van der Waals surface area contributed by atoms with E-state index >= 15 is 0 Å². The van der Waals surface area contributed by atoms with Crippen LogP contribution in [0.15, 0.2) is 59.6 Å². The molecular weight excluding hydrogens is 382 g/mol. The molecule has 9 heteroatoms. The van der Waals surface area contributed by atoms with Crippen LogP contribution in [-0.2, 0) is 23.6 Å². The van der Waals surface area contributed by atoms with E-state index in [1.807, 2.05) is 24.4 Å². The van der Waals surface area contributed by atoms with Crippen molar-refractivity contribution >= 4 is 21.4 Å². The monoisotopic (exact) mass is 403 g/mol. The Bertz CT molecular complexity index is 986. The van der Waals surface area contributed by atoms with Crippen LogP contribution >= 0.6 is 11.3 Å². The van der Waals surface area contributed by atoms with Crippen LogP contribution in [0.1, 0.15) is 16.4 Å². The van der Waals surface area contributed by atoms with Gasteiger partial charge in [-0.1, -0.05) is 30.3 Å². The van der Waals surface area contributed by atoms with Gasteiger partial charge in [0.05, 0.1) is 11.8 Å². The maximum absolute atomic E-state index is 13.0. The summed E-state index contributed by atoms with van der Waals surface area (Å²) < 4.78 is 29.2. The van der Waals surface area contributed by atoms with Gasteiger partial charge in [-0.25, -0.2) is 13.4 Å². The Morgan fingerprint density at radius 1 is 1.26 bits per heavy atom. The molecule has 7 nitrogen and oxygen atoms in total. The highest BCUT2D eigenvalue weighted by molar-refractivity contribution is 7.89. The minimum atomic E-state index is -3.61. The number of rotatable bonds is 6. The van der Waals surface area contributed by atoms with E-state index in [2.05, 4.69) is 27.4 Å². The van der Waals surface area contributed by atoms with Gasteiger partial charge in [-0.15, -0.1) is 11.3 Å². The second kappa shape index (κ2) is 7.51. The van der Waals surface area contributed by atoms with E-state index in [4.69, 9.17) is 0 Å². The first-order chi connectivity index (χ1) is 13.0. The maximum atomic E-state index is 13.0. The van der Waals surface area contributed by atoms with Gasteiger partial charge in [-0.3, -0.25) is 4.98 Å². The Hall–Kier alpha value is -2.07. The summed E-state index contributed by atoms with van der Waals surface area (Å²) in [7, 11) is -1.85. The summed E-state index contributed by atoms with van der Waals surface area (Å²) in [6.45, 7) is 1.52. The molecule has 1 fully saturated rings. The maximum Gasteiger partial charge on any atom is 0.262 e. The molecule has 4 rings (SSSR count). The predicted molar refractivity (Wildman–Crippen MR) is 104 cm³/mol. The average molecular weight is 404 g/mol.